The van der Waals surface area contributed by atoms with Crippen molar-refractivity contribution in [3.8, 4) is 0 Å². The van der Waals surface area contributed by atoms with Gasteiger partial charge in [-0.2, -0.15) is 0 Å². The minimum Gasteiger partial charge on any atom is -0.329 e. The van der Waals surface area contributed by atoms with Gasteiger partial charge in [-0.15, -0.1) is 0 Å². The lowest BCUT2D eigenvalue weighted by molar-refractivity contribution is 0.164. The van der Waals surface area contributed by atoms with Crippen molar-refractivity contribution in [3.63, 3.8) is 0 Å². The fraction of sp³-hybridized carbons (Fsp3) is 1.00. The molecule has 0 aliphatic rings. The van der Waals surface area contributed by atoms with Crippen LogP contribution in [0.25, 0.3) is 0 Å². The molecule has 2 heteroatoms. The first-order valence-electron chi connectivity index (χ1n) is 5.59. The molecule has 0 heterocycles. The molecule has 0 aliphatic carbocycles. The fourth-order valence-corrected chi connectivity index (χ4v) is 1.67. The summed E-state index contributed by atoms with van der Waals surface area (Å²) in [5, 5.41) is 0. The molecule has 0 aromatic rings. The van der Waals surface area contributed by atoms with E-state index in [1.54, 1.807) is 0 Å². The Balaban J connectivity index is 3.80. The molecule has 0 aromatic heterocycles. The van der Waals surface area contributed by atoms with Crippen LogP contribution in [-0.2, 0) is 0 Å². The van der Waals surface area contributed by atoms with Gasteiger partial charge < -0.3 is 5.73 Å². The summed E-state index contributed by atoms with van der Waals surface area (Å²) in [6.45, 7) is 10.9. The predicted molar refractivity (Wildman–Crippen MR) is 59.9 cm³/mol. The van der Waals surface area contributed by atoms with Gasteiger partial charge in [0.15, 0.2) is 0 Å². The second kappa shape index (κ2) is 7.34. The molecule has 0 spiro atoms. The summed E-state index contributed by atoms with van der Waals surface area (Å²) >= 11 is 0. The summed E-state index contributed by atoms with van der Waals surface area (Å²) in [7, 11) is 0. The topological polar surface area (TPSA) is 29.3 Å². The van der Waals surface area contributed by atoms with E-state index in [1.807, 2.05) is 0 Å². The van der Waals surface area contributed by atoms with E-state index in [-0.39, 0.29) is 0 Å². The number of nitrogens with two attached hydrogens (primary N) is 1. The first-order chi connectivity index (χ1) is 6.13. The summed E-state index contributed by atoms with van der Waals surface area (Å²) in [6, 6.07) is 1.15. The molecule has 0 radical (unpaired) electrons. The Morgan fingerprint density at radius 2 is 1.77 bits per heavy atom. The Labute approximate surface area is 83.5 Å². The number of nitrogens with zero attached hydrogens (tertiary/aromatic N) is 1. The van der Waals surface area contributed by atoms with Crippen LogP contribution in [0.4, 0.5) is 0 Å². The molecule has 0 fully saturated rings. The van der Waals surface area contributed by atoms with Crippen molar-refractivity contribution in [1.82, 2.24) is 4.90 Å². The van der Waals surface area contributed by atoms with Crippen LogP contribution in [-0.4, -0.2) is 30.1 Å². The fourth-order valence-electron chi connectivity index (χ4n) is 1.67. The molecule has 1 atom stereocenters. The van der Waals surface area contributed by atoms with Crippen molar-refractivity contribution in [2.75, 3.05) is 13.1 Å². The number of unbranched alkanes of at least 4 members (excludes halogenated alkanes) is 2. The molecule has 0 amide bonds. The van der Waals surface area contributed by atoms with E-state index >= 15 is 0 Å². The van der Waals surface area contributed by atoms with Crippen LogP contribution in [0, 0.1) is 0 Å². The van der Waals surface area contributed by atoms with E-state index in [4.69, 9.17) is 5.73 Å². The van der Waals surface area contributed by atoms with Crippen molar-refractivity contribution in [3.05, 3.63) is 0 Å². The Morgan fingerprint density at radius 1 is 1.15 bits per heavy atom. The highest BCUT2D eigenvalue weighted by Gasteiger charge is 2.14. The average Bonchev–Trinajstić information content (AvgIpc) is 2.11. The van der Waals surface area contributed by atoms with Gasteiger partial charge in [-0.3, -0.25) is 4.90 Å². The second-order valence-electron chi connectivity index (χ2n) is 4.12. The average molecular weight is 186 g/mol. The molecular weight excluding hydrogens is 160 g/mol. The minimum atomic E-state index is 0.525. The minimum absolute atomic E-state index is 0.525. The van der Waals surface area contributed by atoms with Crippen molar-refractivity contribution in [1.29, 1.82) is 0 Å². The van der Waals surface area contributed by atoms with Crippen molar-refractivity contribution < 1.29 is 0 Å². The van der Waals surface area contributed by atoms with Crippen LogP contribution in [0.2, 0.25) is 0 Å². The highest BCUT2D eigenvalue weighted by molar-refractivity contribution is 4.71. The summed E-state index contributed by atoms with van der Waals surface area (Å²) in [5.74, 6) is 0. The molecular formula is C11H26N2. The summed E-state index contributed by atoms with van der Waals surface area (Å²) in [4.78, 5) is 2.50. The first kappa shape index (κ1) is 12.9. The second-order valence-corrected chi connectivity index (χ2v) is 4.12. The van der Waals surface area contributed by atoms with Gasteiger partial charge >= 0.3 is 0 Å². The van der Waals surface area contributed by atoms with Gasteiger partial charge in [-0.1, -0.05) is 19.8 Å². The van der Waals surface area contributed by atoms with E-state index < -0.39 is 0 Å². The largest absolute Gasteiger partial charge is 0.329 e. The smallest absolute Gasteiger partial charge is 0.0192 e. The van der Waals surface area contributed by atoms with Crippen molar-refractivity contribution in [2.24, 2.45) is 5.73 Å². The summed E-state index contributed by atoms with van der Waals surface area (Å²) in [6.07, 6.45) is 3.93. The van der Waals surface area contributed by atoms with E-state index in [9.17, 15) is 0 Å². The van der Waals surface area contributed by atoms with E-state index in [0.29, 0.717) is 12.1 Å². The zero-order valence-electron chi connectivity index (χ0n) is 9.71. The number of hydrogen-bond acceptors (Lipinski definition) is 2. The lowest BCUT2D eigenvalue weighted by Crippen LogP contribution is -2.43. The summed E-state index contributed by atoms with van der Waals surface area (Å²) < 4.78 is 0. The van der Waals surface area contributed by atoms with Crippen LogP contribution < -0.4 is 5.73 Å². The van der Waals surface area contributed by atoms with Crippen LogP contribution in [0.3, 0.4) is 0 Å². The van der Waals surface area contributed by atoms with Gasteiger partial charge in [0.1, 0.15) is 0 Å². The molecule has 0 aromatic carbocycles. The molecule has 0 saturated heterocycles. The highest BCUT2D eigenvalue weighted by atomic mass is 15.2. The molecule has 13 heavy (non-hydrogen) atoms. The quantitative estimate of drug-likeness (QED) is 0.618. The van der Waals surface area contributed by atoms with Crippen molar-refractivity contribution >= 4 is 0 Å². The van der Waals surface area contributed by atoms with Gasteiger partial charge in [0.05, 0.1) is 0 Å². The molecule has 0 aliphatic heterocycles. The normalized spacial score (nSPS) is 14.1. The molecule has 1 unspecified atom stereocenters. The zero-order valence-corrected chi connectivity index (χ0v) is 9.71. The maximum Gasteiger partial charge on any atom is 0.0192 e. The number of rotatable bonds is 7. The van der Waals surface area contributed by atoms with E-state index in [2.05, 4.69) is 32.6 Å². The molecule has 2 nitrogen and oxygen atoms in total. The van der Waals surface area contributed by atoms with E-state index in [0.717, 1.165) is 6.54 Å². The third kappa shape index (κ3) is 5.27. The predicted octanol–water partition coefficient (Wildman–Crippen LogP) is 2.23. The highest BCUT2D eigenvalue weighted by Crippen LogP contribution is 2.07. The van der Waals surface area contributed by atoms with E-state index in [1.165, 1.54) is 25.8 Å². The Bertz CT molecular complexity index is 113. The van der Waals surface area contributed by atoms with Crippen LogP contribution in [0.5, 0.6) is 0 Å². The Morgan fingerprint density at radius 3 is 2.15 bits per heavy atom. The molecule has 0 rings (SSSR count). The number of hydrogen-bond donors (Lipinski definition) is 1. The van der Waals surface area contributed by atoms with Crippen molar-refractivity contribution in [2.45, 2.75) is 59.0 Å². The van der Waals surface area contributed by atoms with Crippen LogP contribution >= 0.6 is 0 Å². The standard InChI is InChI=1S/C11H26N2/c1-5-6-7-8-13(10(2)3)11(4)9-12/h10-11H,5-9,12H2,1-4H3. The molecule has 0 saturated carbocycles. The third-order valence-corrected chi connectivity index (χ3v) is 2.59. The lowest BCUT2D eigenvalue weighted by atomic mass is 10.1. The molecule has 2 N–H and O–H groups in total. The monoisotopic (exact) mass is 186 g/mol. The summed E-state index contributed by atoms with van der Waals surface area (Å²) in [5.41, 5.74) is 5.67. The molecule has 80 valence electrons. The lowest BCUT2D eigenvalue weighted by Gasteiger charge is -2.31. The van der Waals surface area contributed by atoms with Gasteiger partial charge in [0, 0.05) is 18.6 Å². The maximum absolute atomic E-state index is 5.67. The maximum atomic E-state index is 5.67. The first-order valence-corrected chi connectivity index (χ1v) is 5.59. The SMILES string of the molecule is CCCCCN(C(C)C)C(C)CN. The zero-order chi connectivity index (χ0) is 10.3. The molecule has 0 bridgehead atoms. The Hall–Kier alpha value is -0.0800. The Kier molecular flexibility index (Phi) is 7.29. The third-order valence-electron chi connectivity index (χ3n) is 2.59. The van der Waals surface area contributed by atoms with Gasteiger partial charge in [-0.05, 0) is 33.7 Å². The van der Waals surface area contributed by atoms with Gasteiger partial charge in [-0.25, -0.2) is 0 Å². The van der Waals surface area contributed by atoms with Gasteiger partial charge in [0.2, 0.25) is 0 Å². The van der Waals surface area contributed by atoms with Gasteiger partial charge in [0.25, 0.3) is 0 Å². The van der Waals surface area contributed by atoms with Crippen LogP contribution in [0.1, 0.15) is 47.0 Å². The van der Waals surface area contributed by atoms with Crippen LogP contribution in [0.15, 0.2) is 0 Å².